The van der Waals surface area contributed by atoms with E-state index in [1.165, 1.54) is 17.7 Å². The van der Waals surface area contributed by atoms with Crippen LogP contribution in [0.4, 0.5) is 0 Å². The highest BCUT2D eigenvalue weighted by molar-refractivity contribution is 5.31. The summed E-state index contributed by atoms with van der Waals surface area (Å²) in [5.74, 6) is 0. The second-order valence-electron chi connectivity index (χ2n) is 5.47. The van der Waals surface area contributed by atoms with Crippen molar-refractivity contribution in [3.8, 4) is 0 Å². The average molecular weight is 234 g/mol. The first-order valence-electron chi connectivity index (χ1n) is 6.86. The van der Waals surface area contributed by atoms with E-state index in [0.717, 1.165) is 51.9 Å². The fraction of sp³-hybridized carbons (Fsp3) is 0.714. The second-order valence-corrected chi connectivity index (χ2v) is 5.47. The van der Waals surface area contributed by atoms with Crippen molar-refractivity contribution < 1.29 is 5.11 Å². The van der Waals surface area contributed by atoms with Crippen LogP contribution in [0.5, 0.6) is 0 Å². The molecule has 3 rings (SSSR count). The Morgan fingerprint density at radius 3 is 2.41 bits per heavy atom. The Kier molecular flexibility index (Phi) is 2.97. The van der Waals surface area contributed by atoms with E-state index in [1.54, 1.807) is 0 Å². The minimum atomic E-state index is -0.439. The van der Waals surface area contributed by atoms with E-state index in [9.17, 15) is 5.11 Å². The van der Waals surface area contributed by atoms with Gasteiger partial charge >= 0.3 is 0 Å². The molecule has 2 fully saturated rings. The lowest BCUT2D eigenvalue weighted by molar-refractivity contribution is -0.000768. The number of aliphatic hydroxyl groups is 1. The Morgan fingerprint density at radius 2 is 1.88 bits per heavy atom. The predicted octanol–water partition coefficient (Wildman–Crippen LogP) is 1.41. The van der Waals surface area contributed by atoms with Gasteiger partial charge in [0.15, 0.2) is 0 Å². The summed E-state index contributed by atoms with van der Waals surface area (Å²) in [6, 6.07) is 0. The van der Waals surface area contributed by atoms with Gasteiger partial charge in [-0.05, 0) is 43.8 Å². The van der Waals surface area contributed by atoms with Crippen molar-refractivity contribution in [1.82, 2.24) is 10.2 Å². The number of piperazine rings is 1. The van der Waals surface area contributed by atoms with Crippen LogP contribution < -0.4 is 5.32 Å². The molecular formula is C14H22N2O. The highest BCUT2D eigenvalue weighted by Crippen LogP contribution is 2.41. The van der Waals surface area contributed by atoms with E-state index in [2.05, 4.69) is 22.4 Å². The molecule has 0 amide bonds. The first kappa shape index (κ1) is 11.3. The molecule has 0 atom stereocenters. The number of allylic oxidation sites excluding steroid dienone is 3. The first-order valence-corrected chi connectivity index (χ1v) is 6.86. The third kappa shape index (κ3) is 2.14. The van der Waals surface area contributed by atoms with E-state index in [4.69, 9.17) is 0 Å². The quantitative estimate of drug-likeness (QED) is 0.758. The molecule has 1 aliphatic heterocycles. The molecular weight excluding hydrogens is 212 g/mol. The average Bonchev–Trinajstić information content (AvgIpc) is 2.37. The van der Waals surface area contributed by atoms with E-state index in [1.807, 2.05) is 0 Å². The SMILES string of the molecule is OC1(C2=CC=C(N3CCNCC3)CC2)CCC1. The van der Waals surface area contributed by atoms with Crippen LogP contribution in [0.2, 0.25) is 0 Å². The van der Waals surface area contributed by atoms with Crippen LogP contribution in [-0.2, 0) is 0 Å². The number of hydrogen-bond acceptors (Lipinski definition) is 3. The topological polar surface area (TPSA) is 35.5 Å². The number of hydrogen-bond donors (Lipinski definition) is 2. The van der Waals surface area contributed by atoms with Gasteiger partial charge in [-0.1, -0.05) is 6.08 Å². The third-order valence-electron chi connectivity index (χ3n) is 4.43. The smallest absolute Gasteiger partial charge is 0.0860 e. The summed E-state index contributed by atoms with van der Waals surface area (Å²) < 4.78 is 0. The molecule has 0 radical (unpaired) electrons. The molecule has 1 heterocycles. The Morgan fingerprint density at radius 1 is 1.12 bits per heavy atom. The van der Waals surface area contributed by atoms with Gasteiger partial charge in [-0.25, -0.2) is 0 Å². The summed E-state index contributed by atoms with van der Waals surface area (Å²) in [4.78, 5) is 2.48. The van der Waals surface area contributed by atoms with Gasteiger partial charge in [0.05, 0.1) is 5.60 Å². The van der Waals surface area contributed by atoms with Gasteiger partial charge in [0, 0.05) is 31.9 Å². The fourth-order valence-electron chi connectivity index (χ4n) is 3.06. The summed E-state index contributed by atoms with van der Waals surface area (Å²) in [7, 11) is 0. The molecule has 2 N–H and O–H groups in total. The molecule has 1 saturated heterocycles. The molecule has 0 aromatic rings. The number of nitrogens with one attached hydrogen (secondary N) is 1. The maximum Gasteiger partial charge on any atom is 0.0860 e. The lowest BCUT2D eigenvalue weighted by Crippen LogP contribution is -2.43. The zero-order valence-corrected chi connectivity index (χ0v) is 10.4. The third-order valence-corrected chi connectivity index (χ3v) is 4.43. The largest absolute Gasteiger partial charge is 0.386 e. The molecule has 0 bridgehead atoms. The standard InChI is InChI=1S/C14H22N2O/c17-14(6-1-7-14)12-2-4-13(5-3-12)16-10-8-15-9-11-16/h2,4,15,17H,1,3,5-11H2. The second kappa shape index (κ2) is 4.46. The minimum Gasteiger partial charge on any atom is -0.386 e. The summed E-state index contributed by atoms with van der Waals surface area (Å²) in [5.41, 5.74) is 2.28. The Labute approximate surface area is 103 Å². The zero-order chi connectivity index (χ0) is 11.7. The molecule has 2 aliphatic carbocycles. The molecule has 1 saturated carbocycles. The summed E-state index contributed by atoms with van der Waals surface area (Å²) in [6.07, 6.45) is 9.69. The maximum absolute atomic E-state index is 10.3. The summed E-state index contributed by atoms with van der Waals surface area (Å²) in [6.45, 7) is 4.44. The van der Waals surface area contributed by atoms with E-state index < -0.39 is 5.60 Å². The van der Waals surface area contributed by atoms with Crippen molar-refractivity contribution in [2.45, 2.75) is 37.7 Å². The number of rotatable bonds is 2. The Balaban J connectivity index is 1.68. The summed E-state index contributed by atoms with van der Waals surface area (Å²) in [5, 5.41) is 13.7. The lowest BCUT2D eigenvalue weighted by Gasteiger charge is -2.41. The molecule has 17 heavy (non-hydrogen) atoms. The molecule has 94 valence electrons. The zero-order valence-electron chi connectivity index (χ0n) is 10.4. The highest BCUT2D eigenvalue weighted by atomic mass is 16.3. The fourth-order valence-corrected chi connectivity index (χ4v) is 3.06. The van der Waals surface area contributed by atoms with Crippen LogP contribution in [-0.4, -0.2) is 41.8 Å². The van der Waals surface area contributed by atoms with Crippen LogP contribution in [0.25, 0.3) is 0 Å². The van der Waals surface area contributed by atoms with Crippen LogP contribution >= 0.6 is 0 Å². The van der Waals surface area contributed by atoms with Gasteiger partial charge in [0.2, 0.25) is 0 Å². The molecule has 0 unspecified atom stereocenters. The van der Waals surface area contributed by atoms with Crippen molar-refractivity contribution >= 4 is 0 Å². The van der Waals surface area contributed by atoms with Gasteiger partial charge in [0.1, 0.15) is 0 Å². The van der Waals surface area contributed by atoms with Crippen LogP contribution in [0.15, 0.2) is 23.4 Å². The van der Waals surface area contributed by atoms with E-state index in [0.29, 0.717) is 0 Å². The maximum atomic E-state index is 10.3. The van der Waals surface area contributed by atoms with Crippen LogP contribution in [0, 0.1) is 0 Å². The van der Waals surface area contributed by atoms with Gasteiger partial charge in [-0.2, -0.15) is 0 Å². The van der Waals surface area contributed by atoms with E-state index in [-0.39, 0.29) is 0 Å². The molecule has 3 aliphatic rings. The molecule has 3 nitrogen and oxygen atoms in total. The lowest BCUT2D eigenvalue weighted by atomic mass is 9.72. The normalized spacial score (nSPS) is 28.2. The van der Waals surface area contributed by atoms with Crippen LogP contribution in [0.1, 0.15) is 32.1 Å². The molecule has 0 aromatic heterocycles. The van der Waals surface area contributed by atoms with Gasteiger partial charge in [-0.3, -0.25) is 0 Å². The van der Waals surface area contributed by atoms with Crippen molar-refractivity contribution in [1.29, 1.82) is 0 Å². The van der Waals surface area contributed by atoms with E-state index >= 15 is 0 Å². The predicted molar refractivity (Wildman–Crippen MR) is 68.6 cm³/mol. The minimum absolute atomic E-state index is 0.439. The van der Waals surface area contributed by atoms with Gasteiger partial charge in [0.25, 0.3) is 0 Å². The molecule has 0 aromatic carbocycles. The van der Waals surface area contributed by atoms with Crippen molar-refractivity contribution in [2.75, 3.05) is 26.2 Å². The van der Waals surface area contributed by atoms with Gasteiger partial charge in [-0.15, -0.1) is 0 Å². The monoisotopic (exact) mass is 234 g/mol. The van der Waals surface area contributed by atoms with Crippen molar-refractivity contribution in [3.63, 3.8) is 0 Å². The Bertz CT molecular complexity index is 349. The van der Waals surface area contributed by atoms with Gasteiger partial charge < -0.3 is 15.3 Å². The first-order chi connectivity index (χ1) is 8.28. The highest BCUT2D eigenvalue weighted by Gasteiger charge is 2.38. The molecule has 3 heteroatoms. The van der Waals surface area contributed by atoms with Crippen molar-refractivity contribution in [2.24, 2.45) is 0 Å². The summed E-state index contributed by atoms with van der Waals surface area (Å²) >= 11 is 0. The number of nitrogens with zero attached hydrogens (tertiary/aromatic N) is 1. The molecule has 0 spiro atoms. The Hall–Kier alpha value is -0.800. The van der Waals surface area contributed by atoms with Crippen LogP contribution in [0.3, 0.4) is 0 Å². The van der Waals surface area contributed by atoms with Crippen molar-refractivity contribution in [3.05, 3.63) is 23.4 Å².